The van der Waals surface area contributed by atoms with E-state index < -0.39 is 11.6 Å². The van der Waals surface area contributed by atoms with E-state index in [2.05, 4.69) is 4.90 Å². The van der Waals surface area contributed by atoms with Crippen molar-refractivity contribution in [2.75, 3.05) is 31.7 Å². The number of carboxylic acid groups (broad SMARTS) is 1. The number of anilines is 1. The predicted molar refractivity (Wildman–Crippen MR) is 74.9 cm³/mol. The minimum Gasteiger partial charge on any atom is -0.477 e. The van der Waals surface area contributed by atoms with Crippen LogP contribution in [0.2, 0.25) is 0 Å². The lowest BCUT2D eigenvalue weighted by molar-refractivity contribution is -0.0271. The summed E-state index contributed by atoms with van der Waals surface area (Å²) in [4.78, 5) is 24.5. The lowest BCUT2D eigenvalue weighted by Gasteiger charge is -2.30. The predicted octanol–water partition coefficient (Wildman–Crippen LogP) is 1.64. The van der Waals surface area contributed by atoms with Gasteiger partial charge in [0.1, 0.15) is 5.56 Å². The third kappa shape index (κ3) is 2.30. The highest BCUT2D eigenvalue weighted by Gasteiger charge is 2.21. The summed E-state index contributed by atoms with van der Waals surface area (Å²) >= 11 is 1.41. The molecule has 1 aliphatic heterocycles. The van der Waals surface area contributed by atoms with Crippen molar-refractivity contribution in [2.24, 2.45) is 5.92 Å². The molecule has 6 nitrogen and oxygen atoms in total. The largest absolute Gasteiger partial charge is 0.477 e. The fourth-order valence-corrected chi connectivity index (χ4v) is 3.10. The third-order valence-corrected chi connectivity index (χ3v) is 4.43. The molecule has 0 unspecified atom stereocenters. The number of carbonyl (C=O) groups is 1. The Hall–Kier alpha value is -1.86. The van der Waals surface area contributed by atoms with Crippen LogP contribution in [0.25, 0.3) is 10.3 Å². The number of ether oxygens (including phenoxy) is 1. The van der Waals surface area contributed by atoms with Gasteiger partial charge in [0.2, 0.25) is 0 Å². The molecule has 0 aliphatic carbocycles. The van der Waals surface area contributed by atoms with E-state index in [1.807, 2.05) is 7.05 Å². The Labute approximate surface area is 118 Å². The summed E-state index contributed by atoms with van der Waals surface area (Å²) in [5, 5.41) is 9.86. The van der Waals surface area contributed by atoms with Gasteiger partial charge >= 0.3 is 11.6 Å². The Balaban J connectivity index is 1.93. The molecule has 1 aliphatic rings. The topological polar surface area (TPSA) is 80.0 Å². The first-order valence-corrected chi connectivity index (χ1v) is 6.96. The Morgan fingerprint density at radius 1 is 1.50 bits per heavy atom. The molecule has 3 rings (SSSR count). The molecule has 3 heterocycles. The average molecular weight is 295 g/mol. The molecule has 106 valence electrons. The zero-order valence-corrected chi connectivity index (χ0v) is 11.6. The number of thiophene rings is 1. The van der Waals surface area contributed by atoms with Crippen LogP contribution in [0, 0.1) is 5.92 Å². The molecule has 0 atom stereocenters. The van der Waals surface area contributed by atoms with Gasteiger partial charge < -0.3 is 19.2 Å². The molecule has 0 radical (unpaired) electrons. The van der Waals surface area contributed by atoms with E-state index in [-0.39, 0.29) is 5.56 Å². The summed E-state index contributed by atoms with van der Waals surface area (Å²) < 4.78 is 10.9. The van der Waals surface area contributed by atoms with Crippen molar-refractivity contribution in [3.8, 4) is 0 Å². The smallest absolute Gasteiger partial charge is 0.351 e. The minimum absolute atomic E-state index is 0.332. The molecule has 0 spiro atoms. The molecule has 20 heavy (non-hydrogen) atoms. The maximum Gasteiger partial charge on any atom is 0.351 e. The van der Waals surface area contributed by atoms with Gasteiger partial charge in [-0.25, -0.2) is 9.59 Å². The van der Waals surface area contributed by atoms with Gasteiger partial charge in [-0.1, -0.05) is 0 Å². The summed E-state index contributed by atoms with van der Waals surface area (Å²) in [6, 6.07) is 3.14. The molecular weight excluding hydrogens is 282 g/mol. The van der Waals surface area contributed by atoms with Crippen LogP contribution in [0.1, 0.15) is 10.4 Å². The van der Waals surface area contributed by atoms with Gasteiger partial charge in [-0.05, 0) is 6.07 Å². The maximum absolute atomic E-state index is 11.5. The number of aromatic carboxylic acids is 1. The average Bonchev–Trinajstić information content (AvgIpc) is 2.75. The highest BCUT2D eigenvalue weighted by Crippen LogP contribution is 2.32. The van der Waals surface area contributed by atoms with Crippen LogP contribution in [0.3, 0.4) is 0 Å². The van der Waals surface area contributed by atoms with Crippen molar-refractivity contribution in [1.29, 1.82) is 0 Å². The lowest BCUT2D eigenvalue weighted by Crippen LogP contribution is -2.37. The van der Waals surface area contributed by atoms with Crippen LogP contribution in [0.15, 0.2) is 21.3 Å². The summed E-state index contributed by atoms with van der Waals surface area (Å²) in [6.07, 6.45) is 0. The van der Waals surface area contributed by atoms with E-state index in [0.717, 1.165) is 24.8 Å². The first-order valence-electron chi connectivity index (χ1n) is 6.14. The number of rotatable bonds is 4. The zero-order chi connectivity index (χ0) is 14.3. The Morgan fingerprint density at radius 2 is 2.25 bits per heavy atom. The van der Waals surface area contributed by atoms with Crippen LogP contribution in [0.5, 0.6) is 0 Å². The summed E-state index contributed by atoms with van der Waals surface area (Å²) in [5.74, 6) is -0.748. The van der Waals surface area contributed by atoms with Crippen LogP contribution in [0.4, 0.5) is 5.00 Å². The monoisotopic (exact) mass is 295 g/mol. The van der Waals surface area contributed by atoms with E-state index in [1.54, 1.807) is 6.07 Å². The second kappa shape index (κ2) is 4.92. The fraction of sp³-hybridized carbons (Fsp3) is 0.385. The second-order valence-electron chi connectivity index (χ2n) is 4.85. The van der Waals surface area contributed by atoms with E-state index >= 15 is 0 Å². The van der Waals surface area contributed by atoms with Crippen LogP contribution in [-0.2, 0) is 4.74 Å². The quantitative estimate of drug-likeness (QED) is 0.923. The van der Waals surface area contributed by atoms with E-state index in [0.29, 0.717) is 16.2 Å². The number of carboxylic acids is 1. The summed E-state index contributed by atoms with van der Waals surface area (Å²) in [7, 11) is 1.96. The van der Waals surface area contributed by atoms with Crippen molar-refractivity contribution in [3.05, 3.63) is 28.1 Å². The Kier molecular flexibility index (Phi) is 3.23. The van der Waals surface area contributed by atoms with E-state index in [9.17, 15) is 9.59 Å². The van der Waals surface area contributed by atoms with Gasteiger partial charge in [0.15, 0.2) is 5.58 Å². The van der Waals surface area contributed by atoms with Gasteiger partial charge in [-0.3, -0.25) is 0 Å². The molecule has 0 aromatic carbocycles. The lowest BCUT2D eigenvalue weighted by atomic mass is 10.1. The molecule has 1 fully saturated rings. The molecule has 2 aromatic heterocycles. The van der Waals surface area contributed by atoms with Crippen molar-refractivity contribution in [3.63, 3.8) is 0 Å². The molecule has 2 aromatic rings. The number of fused-ring (bicyclic) bond motifs is 1. The van der Waals surface area contributed by atoms with Crippen LogP contribution < -0.4 is 10.5 Å². The van der Waals surface area contributed by atoms with Gasteiger partial charge in [0.25, 0.3) is 0 Å². The minimum atomic E-state index is -1.27. The molecule has 1 saturated heterocycles. The molecule has 0 bridgehead atoms. The molecular formula is C13H13NO5S. The normalized spacial score (nSPS) is 15.2. The highest BCUT2D eigenvalue weighted by molar-refractivity contribution is 7.22. The van der Waals surface area contributed by atoms with Crippen molar-refractivity contribution >= 4 is 32.6 Å². The zero-order valence-electron chi connectivity index (χ0n) is 10.8. The number of hydrogen-bond acceptors (Lipinski definition) is 6. The SMILES string of the molecule is CN(CC1COC1)c1cc2oc(=O)c(C(=O)O)cc2s1. The van der Waals surface area contributed by atoms with Gasteiger partial charge in [0, 0.05) is 25.6 Å². The van der Waals surface area contributed by atoms with Gasteiger partial charge in [-0.2, -0.15) is 0 Å². The first-order chi connectivity index (χ1) is 9.54. The van der Waals surface area contributed by atoms with Gasteiger partial charge in [0.05, 0.1) is 22.9 Å². The van der Waals surface area contributed by atoms with E-state index in [4.69, 9.17) is 14.3 Å². The summed E-state index contributed by atoms with van der Waals surface area (Å²) in [6.45, 7) is 2.41. The molecule has 0 amide bonds. The van der Waals surface area contributed by atoms with Crippen molar-refractivity contribution < 1.29 is 19.1 Å². The fourth-order valence-electron chi connectivity index (χ4n) is 2.11. The molecule has 0 saturated carbocycles. The molecule has 7 heteroatoms. The van der Waals surface area contributed by atoms with Crippen LogP contribution >= 0.6 is 11.3 Å². The number of hydrogen-bond donors (Lipinski definition) is 1. The summed E-state index contributed by atoms with van der Waals surface area (Å²) in [5.41, 5.74) is -0.720. The highest BCUT2D eigenvalue weighted by atomic mass is 32.1. The Morgan fingerprint density at radius 3 is 2.85 bits per heavy atom. The first kappa shape index (κ1) is 13.1. The standard InChI is InChI=1S/C13H13NO5S/c1-14(4-7-5-18-6-7)11-3-9-10(20-11)2-8(12(15)16)13(17)19-9/h2-3,7H,4-6H2,1H3,(H,15,16). The van der Waals surface area contributed by atoms with Crippen molar-refractivity contribution in [2.45, 2.75) is 0 Å². The van der Waals surface area contributed by atoms with Crippen molar-refractivity contribution in [1.82, 2.24) is 0 Å². The molecule has 1 N–H and O–H groups in total. The van der Waals surface area contributed by atoms with Gasteiger partial charge in [-0.15, -0.1) is 11.3 Å². The van der Waals surface area contributed by atoms with Crippen LogP contribution in [-0.4, -0.2) is 37.9 Å². The van der Waals surface area contributed by atoms with E-state index in [1.165, 1.54) is 17.4 Å². The Bertz CT molecular complexity index is 715. The second-order valence-corrected chi connectivity index (χ2v) is 5.91. The maximum atomic E-state index is 11.5. The third-order valence-electron chi connectivity index (χ3n) is 3.26. The number of nitrogens with zero attached hydrogens (tertiary/aromatic N) is 1.